The van der Waals surface area contributed by atoms with Crippen LogP contribution in [0.25, 0.3) is 0 Å². The van der Waals surface area contributed by atoms with E-state index in [9.17, 15) is 5.11 Å². The lowest BCUT2D eigenvalue weighted by atomic mass is 10.4. The summed E-state index contributed by atoms with van der Waals surface area (Å²) >= 11 is 0. The molecule has 1 aliphatic heterocycles. The summed E-state index contributed by atoms with van der Waals surface area (Å²) in [6, 6.07) is 0. The molecule has 0 aliphatic carbocycles. The van der Waals surface area contributed by atoms with E-state index in [1.165, 1.54) is 12.3 Å². The second-order valence-corrected chi connectivity index (χ2v) is 1.22. The quantitative estimate of drug-likeness (QED) is 0.440. The van der Waals surface area contributed by atoms with Crippen LogP contribution in [0.1, 0.15) is 0 Å². The van der Waals surface area contributed by atoms with Gasteiger partial charge in [-0.15, -0.1) is 0 Å². The van der Waals surface area contributed by atoms with Gasteiger partial charge in [0.05, 0.1) is 6.26 Å². The molecule has 2 nitrogen and oxygen atoms in total. The maximum Gasteiger partial charge on any atom is 0.249 e. The van der Waals surface area contributed by atoms with Gasteiger partial charge in [0, 0.05) is 0 Å². The second kappa shape index (κ2) is 1.80. The first kappa shape index (κ1) is 4.40. The summed E-state index contributed by atoms with van der Waals surface area (Å²) in [6.45, 7) is 0. The Kier molecular flexibility index (Phi) is 1.13. The van der Waals surface area contributed by atoms with Crippen LogP contribution in [0.2, 0.25) is 0 Å². The fourth-order valence-corrected chi connectivity index (χ4v) is 0.368. The third-order valence-electron chi connectivity index (χ3n) is 0.671. The predicted molar refractivity (Wildman–Crippen MR) is 23.8 cm³/mol. The molecule has 1 rings (SSSR count). The van der Waals surface area contributed by atoms with Gasteiger partial charge in [0.25, 0.3) is 0 Å². The number of ether oxygens (including phenoxy) is 1. The molecule has 1 aliphatic rings. The van der Waals surface area contributed by atoms with Gasteiger partial charge >= 0.3 is 0 Å². The Bertz CT molecular complexity index is 105. The van der Waals surface area contributed by atoms with Gasteiger partial charge in [-0.05, 0) is 12.2 Å². The monoisotopic (exact) mass is 97.0 g/mol. The van der Waals surface area contributed by atoms with Crippen LogP contribution in [0.3, 0.4) is 0 Å². The first-order valence-electron chi connectivity index (χ1n) is 2.04. The van der Waals surface area contributed by atoms with Gasteiger partial charge in [0.2, 0.25) is 6.29 Å². The molecule has 2 heteroatoms. The smallest absolute Gasteiger partial charge is 0.249 e. The molecule has 0 aromatic carbocycles. The average Bonchev–Trinajstić information content (AvgIpc) is 1.69. The first-order chi connectivity index (χ1) is 3.39. The van der Waals surface area contributed by atoms with Gasteiger partial charge in [-0.2, -0.15) is 5.11 Å². The first-order valence-corrected chi connectivity index (χ1v) is 2.04. The Hall–Kier alpha value is -0.760. The molecule has 0 saturated heterocycles. The minimum Gasteiger partial charge on any atom is -0.466 e. The zero-order chi connectivity index (χ0) is 5.11. The van der Waals surface area contributed by atoms with E-state index in [1.54, 1.807) is 12.2 Å². The Morgan fingerprint density at radius 1 is 1.43 bits per heavy atom. The molecule has 0 aromatic heterocycles. The van der Waals surface area contributed by atoms with Crippen molar-refractivity contribution in [3.63, 3.8) is 0 Å². The standard InChI is InChI=1S/C5H5O2/c6-5-3-1-2-4-7-5/h1-5H. The summed E-state index contributed by atoms with van der Waals surface area (Å²) in [5, 5.41) is 10.2. The minimum atomic E-state index is -0.981. The second-order valence-electron chi connectivity index (χ2n) is 1.22. The van der Waals surface area contributed by atoms with E-state index in [1.807, 2.05) is 0 Å². The van der Waals surface area contributed by atoms with Crippen LogP contribution >= 0.6 is 0 Å². The summed E-state index contributed by atoms with van der Waals surface area (Å²) in [5.41, 5.74) is 0. The summed E-state index contributed by atoms with van der Waals surface area (Å²) < 4.78 is 4.45. The number of allylic oxidation sites excluding steroid dienone is 2. The van der Waals surface area contributed by atoms with Crippen molar-refractivity contribution in [1.82, 2.24) is 0 Å². The van der Waals surface area contributed by atoms with Crippen molar-refractivity contribution in [3.05, 3.63) is 24.5 Å². The molecule has 37 valence electrons. The van der Waals surface area contributed by atoms with Gasteiger partial charge in [-0.25, -0.2) is 0 Å². The molecule has 1 radical (unpaired) electrons. The molecule has 0 N–H and O–H groups in total. The molecule has 1 heterocycles. The summed E-state index contributed by atoms with van der Waals surface area (Å²) in [5.74, 6) is 0. The molecule has 0 spiro atoms. The van der Waals surface area contributed by atoms with Crippen molar-refractivity contribution < 1.29 is 9.84 Å². The third-order valence-corrected chi connectivity index (χ3v) is 0.671. The van der Waals surface area contributed by atoms with Crippen molar-refractivity contribution in [3.8, 4) is 0 Å². The fraction of sp³-hybridized carbons (Fsp3) is 0.200. The van der Waals surface area contributed by atoms with Crippen LogP contribution in [0.4, 0.5) is 0 Å². The highest BCUT2D eigenvalue weighted by molar-refractivity contribution is 5.04. The normalized spacial score (nSPS) is 27.3. The molecule has 1 atom stereocenters. The Labute approximate surface area is 41.7 Å². The maximum atomic E-state index is 10.2. The SMILES string of the molecule is [O]C1C=CC=CO1. The van der Waals surface area contributed by atoms with Crippen molar-refractivity contribution in [2.45, 2.75) is 6.29 Å². The molecule has 0 saturated carbocycles. The third kappa shape index (κ3) is 1.05. The highest BCUT2D eigenvalue weighted by atomic mass is 16.6. The van der Waals surface area contributed by atoms with E-state index < -0.39 is 6.29 Å². The average molecular weight is 97.1 g/mol. The number of rotatable bonds is 0. The molecule has 0 bridgehead atoms. The van der Waals surface area contributed by atoms with Gasteiger partial charge in [-0.1, -0.05) is 6.08 Å². The zero-order valence-electron chi connectivity index (χ0n) is 3.70. The van der Waals surface area contributed by atoms with E-state index in [-0.39, 0.29) is 0 Å². The van der Waals surface area contributed by atoms with Crippen LogP contribution in [-0.4, -0.2) is 6.29 Å². The number of hydrogen-bond acceptors (Lipinski definition) is 1. The van der Waals surface area contributed by atoms with Crippen LogP contribution < -0.4 is 0 Å². The fourth-order valence-electron chi connectivity index (χ4n) is 0.368. The van der Waals surface area contributed by atoms with Gasteiger partial charge < -0.3 is 4.74 Å². The van der Waals surface area contributed by atoms with E-state index in [2.05, 4.69) is 4.74 Å². The largest absolute Gasteiger partial charge is 0.466 e. The molecular formula is C5H5O2. The highest BCUT2D eigenvalue weighted by Crippen LogP contribution is 1.96. The van der Waals surface area contributed by atoms with E-state index >= 15 is 0 Å². The minimum absolute atomic E-state index is 0.981. The Morgan fingerprint density at radius 2 is 2.29 bits per heavy atom. The van der Waals surface area contributed by atoms with Crippen LogP contribution in [0.15, 0.2) is 24.5 Å². The van der Waals surface area contributed by atoms with E-state index in [0.29, 0.717) is 0 Å². The number of hydrogen-bond donors (Lipinski definition) is 0. The lowest BCUT2D eigenvalue weighted by Gasteiger charge is -2.02. The summed E-state index contributed by atoms with van der Waals surface area (Å²) in [4.78, 5) is 0. The van der Waals surface area contributed by atoms with Crippen molar-refractivity contribution in [2.75, 3.05) is 0 Å². The summed E-state index contributed by atoms with van der Waals surface area (Å²) in [6.07, 6.45) is 5.19. The molecule has 0 aromatic rings. The lowest BCUT2D eigenvalue weighted by molar-refractivity contribution is -0.0641. The van der Waals surface area contributed by atoms with Crippen molar-refractivity contribution >= 4 is 0 Å². The topological polar surface area (TPSA) is 29.1 Å². The molecular weight excluding hydrogens is 92.1 g/mol. The lowest BCUT2D eigenvalue weighted by Crippen LogP contribution is -2.02. The molecule has 0 fully saturated rings. The predicted octanol–water partition coefficient (Wildman–Crippen LogP) is 0.843. The summed E-state index contributed by atoms with van der Waals surface area (Å²) in [7, 11) is 0. The van der Waals surface area contributed by atoms with Crippen molar-refractivity contribution in [1.29, 1.82) is 0 Å². The molecule has 1 unspecified atom stereocenters. The highest BCUT2D eigenvalue weighted by Gasteiger charge is 1.97. The van der Waals surface area contributed by atoms with Crippen LogP contribution in [0.5, 0.6) is 0 Å². The van der Waals surface area contributed by atoms with E-state index in [4.69, 9.17) is 0 Å². The van der Waals surface area contributed by atoms with Gasteiger partial charge in [-0.3, -0.25) is 0 Å². The van der Waals surface area contributed by atoms with Gasteiger partial charge in [0.15, 0.2) is 0 Å². The Balaban J connectivity index is 2.49. The van der Waals surface area contributed by atoms with Crippen molar-refractivity contribution in [2.24, 2.45) is 0 Å². The van der Waals surface area contributed by atoms with E-state index in [0.717, 1.165) is 0 Å². The van der Waals surface area contributed by atoms with Crippen LogP contribution in [0, 0.1) is 0 Å². The molecule has 0 amide bonds. The Morgan fingerprint density at radius 3 is 2.57 bits per heavy atom. The van der Waals surface area contributed by atoms with Gasteiger partial charge in [0.1, 0.15) is 0 Å². The van der Waals surface area contributed by atoms with Crippen LogP contribution in [-0.2, 0) is 9.84 Å². The molecule has 7 heavy (non-hydrogen) atoms. The zero-order valence-corrected chi connectivity index (χ0v) is 3.70. The maximum absolute atomic E-state index is 10.2.